The molecule has 0 saturated carbocycles. The van der Waals surface area contributed by atoms with Gasteiger partial charge in [-0.15, -0.1) is 0 Å². The summed E-state index contributed by atoms with van der Waals surface area (Å²) in [6, 6.07) is 4.03. The third kappa shape index (κ3) is 3.59. The van der Waals surface area contributed by atoms with Crippen molar-refractivity contribution >= 4 is 11.7 Å². The molecule has 0 spiro atoms. The molecular formula is C16H22N2O2. The topological polar surface area (TPSA) is 42.4 Å². The van der Waals surface area contributed by atoms with Crippen LogP contribution in [0.3, 0.4) is 0 Å². The van der Waals surface area contributed by atoms with Gasteiger partial charge in [-0.1, -0.05) is 12.1 Å². The number of ether oxygens (including phenoxy) is 1. The minimum atomic E-state index is -0.443. The summed E-state index contributed by atoms with van der Waals surface area (Å²) in [6.45, 7) is 8.95. The summed E-state index contributed by atoms with van der Waals surface area (Å²) >= 11 is 0. The molecule has 2 rings (SSSR count). The lowest BCUT2D eigenvalue weighted by atomic mass is 9.99. The Bertz CT molecular complexity index is 530. The maximum atomic E-state index is 12.0. The molecule has 1 aromatic rings. The van der Waals surface area contributed by atoms with Crippen molar-refractivity contribution in [3.63, 3.8) is 0 Å². The molecule has 0 N–H and O–H groups in total. The summed E-state index contributed by atoms with van der Waals surface area (Å²) in [4.78, 5) is 18.0. The van der Waals surface area contributed by atoms with Crippen molar-refractivity contribution in [3.8, 4) is 0 Å². The Morgan fingerprint density at radius 2 is 2.15 bits per heavy atom. The SMILES string of the molecule is Cc1ncccc1C1=CCN(C(=O)OC(C)(C)C)CC1. The Morgan fingerprint density at radius 3 is 2.70 bits per heavy atom. The van der Waals surface area contributed by atoms with E-state index in [0.717, 1.165) is 12.1 Å². The standard InChI is InChI=1S/C16H22N2O2/c1-12-14(6-5-9-17-12)13-7-10-18(11-8-13)15(19)20-16(2,3)4/h5-7,9H,8,10-11H2,1-4H3. The fourth-order valence-electron chi connectivity index (χ4n) is 2.23. The zero-order chi connectivity index (χ0) is 14.8. The first-order valence-corrected chi connectivity index (χ1v) is 6.96. The van der Waals surface area contributed by atoms with Crippen molar-refractivity contribution in [2.45, 2.75) is 39.7 Å². The molecule has 0 atom stereocenters. The van der Waals surface area contributed by atoms with Crippen LogP contribution in [0.1, 0.15) is 38.4 Å². The summed E-state index contributed by atoms with van der Waals surface area (Å²) in [7, 11) is 0. The minimum absolute atomic E-state index is 0.240. The van der Waals surface area contributed by atoms with E-state index in [1.807, 2.05) is 33.8 Å². The first kappa shape index (κ1) is 14.6. The molecule has 1 amide bonds. The minimum Gasteiger partial charge on any atom is -0.444 e. The van der Waals surface area contributed by atoms with E-state index in [1.54, 1.807) is 11.1 Å². The first-order valence-electron chi connectivity index (χ1n) is 6.96. The van der Waals surface area contributed by atoms with Crippen LogP contribution in [0.15, 0.2) is 24.4 Å². The molecule has 2 heterocycles. The van der Waals surface area contributed by atoms with Gasteiger partial charge in [-0.2, -0.15) is 0 Å². The number of aryl methyl sites for hydroxylation is 1. The Balaban J connectivity index is 2.04. The fraction of sp³-hybridized carbons (Fsp3) is 0.500. The molecule has 20 heavy (non-hydrogen) atoms. The van der Waals surface area contributed by atoms with E-state index in [0.29, 0.717) is 13.1 Å². The number of amides is 1. The monoisotopic (exact) mass is 274 g/mol. The quantitative estimate of drug-likeness (QED) is 0.788. The molecule has 4 nitrogen and oxygen atoms in total. The van der Waals surface area contributed by atoms with Gasteiger partial charge in [0, 0.05) is 25.0 Å². The molecule has 1 aliphatic heterocycles. The summed E-state index contributed by atoms with van der Waals surface area (Å²) in [6.07, 6.45) is 4.49. The lowest BCUT2D eigenvalue weighted by Crippen LogP contribution is -2.39. The van der Waals surface area contributed by atoms with E-state index in [1.165, 1.54) is 11.1 Å². The van der Waals surface area contributed by atoms with Gasteiger partial charge in [-0.3, -0.25) is 4.98 Å². The molecule has 1 aromatic heterocycles. The molecule has 4 heteroatoms. The van der Waals surface area contributed by atoms with Gasteiger partial charge < -0.3 is 9.64 Å². The van der Waals surface area contributed by atoms with E-state index in [9.17, 15) is 4.79 Å². The van der Waals surface area contributed by atoms with Gasteiger partial charge in [-0.25, -0.2) is 4.79 Å². The lowest BCUT2D eigenvalue weighted by molar-refractivity contribution is 0.0270. The Labute approximate surface area is 120 Å². The van der Waals surface area contributed by atoms with Gasteiger partial charge in [0.25, 0.3) is 0 Å². The average molecular weight is 274 g/mol. The van der Waals surface area contributed by atoms with Crippen LogP contribution in [0.5, 0.6) is 0 Å². The summed E-state index contributed by atoms with van der Waals surface area (Å²) in [5.41, 5.74) is 3.03. The average Bonchev–Trinajstić information content (AvgIpc) is 2.37. The number of carbonyl (C=O) groups is 1. The second-order valence-corrected chi connectivity index (χ2v) is 6.04. The van der Waals surface area contributed by atoms with Crippen LogP contribution in [0, 0.1) is 6.92 Å². The van der Waals surface area contributed by atoms with Crippen LogP contribution in [0.4, 0.5) is 4.79 Å². The smallest absolute Gasteiger partial charge is 0.410 e. The molecule has 108 valence electrons. The predicted octanol–water partition coefficient (Wildman–Crippen LogP) is 3.41. The highest BCUT2D eigenvalue weighted by Gasteiger charge is 2.24. The van der Waals surface area contributed by atoms with Crippen LogP contribution >= 0.6 is 0 Å². The second-order valence-electron chi connectivity index (χ2n) is 6.04. The van der Waals surface area contributed by atoms with Gasteiger partial charge in [0.15, 0.2) is 0 Å². The normalized spacial score (nSPS) is 15.8. The van der Waals surface area contributed by atoms with Gasteiger partial charge in [-0.05, 0) is 51.3 Å². The number of hydrogen-bond acceptors (Lipinski definition) is 3. The predicted molar refractivity (Wildman–Crippen MR) is 79.4 cm³/mol. The van der Waals surface area contributed by atoms with Gasteiger partial charge in [0.2, 0.25) is 0 Å². The molecule has 0 saturated heterocycles. The van der Waals surface area contributed by atoms with Crippen LogP contribution in [-0.4, -0.2) is 34.7 Å². The Kier molecular flexibility index (Phi) is 4.12. The Hall–Kier alpha value is -1.84. The number of rotatable bonds is 1. The summed E-state index contributed by atoms with van der Waals surface area (Å²) < 4.78 is 5.39. The van der Waals surface area contributed by atoms with Crippen molar-refractivity contribution in [3.05, 3.63) is 35.7 Å². The maximum Gasteiger partial charge on any atom is 0.410 e. The van der Waals surface area contributed by atoms with Crippen molar-refractivity contribution in [2.75, 3.05) is 13.1 Å². The molecule has 0 unspecified atom stereocenters. The van der Waals surface area contributed by atoms with Crippen LogP contribution in [0.2, 0.25) is 0 Å². The number of hydrogen-bond donors (Lipinski definition) is 0. The van der Waals surface area contributed by atoms with Crippen molar-refractivity contribution in [1.29, 1.82) is 0 Å². The fourth-order valence-corrected chi connectivity index (χ4v) is 2.23. The molecule has 0 bridgehead atoms. The molecule has 0 aromatic carbocycles. The van der Waals surface area contributed by atoms with E-state index in [-0.39, 0.29) is 6.09 Å². The highest BCUT2D eigenvalue weighted by molar-refractivity contribution is 5.73. The second kappa shape index (κ2) is 5.65. The zero-order valence-corrected chi connectivity index (χ0v) is 12.6. The van der Waals surface area contributed by atoms with Gasteiger partial charge >= 0.3 is 6.09 Å². The number of carbonyl (C=O) groups excluding carboxylic acids is 1. The third-order valence-electron chi connectivity index (χ3n) is 3.21. The number of pyridine rings is 1. The molecular weight excluding hydrogens is 252 g/mol. The molecule has 0 aliphatic carbocycles. The van der Waals surface area contributed by atoms with E-state index in [2.05, 4.69) is 17.1 Å². The van der Waals surface area contributed by atoms with E-state index >= 15 is 0 Å². The van der Waals surface area contributed by atoms with Crippen LogP contribution < -0.4 is 0 Å². The van der Waals surface area contributed by atoms with Crippen molar-refractivity contribution in [2.24, 2.45) is 0 Å². The number of nitrogens with zero attached hydrogens (tertiary/aromatic N) is 2. The van der Waals surface area contributed by atoms with Gasteiger partial charge in [0.05, 0.1) is 0 Å². The highest BCUT2D eigenvalue weighted by atomic mass is 16.6. The molecule has 1 aliphatic rings. The largest absolute Gasteiger partial charge is 0.444 e. The Morgan fingerprint density at radius 1 is 1.40 bits per heavy atom. The summed E-state index contributed by atoms with van der Waals surface area (Å²) in [5, 5.41) is 0. The summed E-state index contributed by atoms with van der Waals surface area (Å²) in [5.74, 6) is 0. The third-order valence-corrected chi connectivity index (χ3v) is 3.21. The first-order chi connectivity index (χ1) is 9.37. The van der Waals surface area contributed by atoms with Crippen molar-refractivity contribution < 1.29 is 9.53 Å². The van der Waals surface area contributed by atoms with Crippen LogP contribution in [-0.2, 0) is 4.74 Å². The zero-order valence-electron chi connectivity index (χ0n) is 12.6. The molecule has 0 fully saturated rings. The van der Waals surface area contributed by atoms with Gasteiger partial charge in [0.1, 0.15) is 5.60 Å². The lowest BCUT2D eigenvalue weighted by Gasteiger charge is -2.29. The highest BCUT2D eigenvalue weighted by Crippen LogP contribution is 2.24. The van der Waals surface area contributed by atoms with E-state index < -0.39 is 5.60 Å². The number of aromatic nitrogens is 1. The van der Waals surface area contributed by atoms with E-state index in [4.69, 9.17) is 4.74 Å². The van der Waals surface area contributed by atoms with Crippen molar-refractivity contribution in [1.82, 2.24) is 9.88 Å². The maximum absolute atomic E-state index is 12.0. The van der Waals surface area contributed by atoms with Crippen LogP contribution in [0.25, 0.3) is 5.57 Å². The molecule has 0 radical (unpaired) electrons.